The smallest absolute Gasteiger partial charge is 0.310 e. The fourth-order valence-corrected chi connectivity index (χ4v) is 2.89. The van der Waals surface area contributed by atoms with Crippen LogP contribution in [0.25, 0.3) is 0 Å². The summed E-state index contributed by atoms with van der Waals surface area (Å²) in [6.45, 7) is 4.22. The van der Waals surface area contributed by atoms with Gasteiger partial charge >= 0.3 is 5.97 Å². The molecule has 1 unspecified atom stereocenters. The van der Waals surface area contributed by atoms with Crippen LogP contribution >= 0.6 is 11.3 Å². The Hall–Kier alpha value is -1.16. The largest absolute Gasteiger partial charge is 0.469 e. The van der Waals surface area contributed by atoms with E-state index in [1.165, 1.54) is 18.4 Å². The number of thiophene rings is 1. The highest BCUT2D eigenvalue weighted by Crippen LogP contribution is 2.53. The first kappa shape index (κ1) is 12.3. The average molecular weight is 252 g/mol. The highest BCUT2D eigenvalue weighted by atomic mass is 32.1. The van der Waals surface area contributed by atoms with Gasteiger partial charge in [-0.3, -0.25) is 9.59 Å². The van der Waals surface area contributed by atoms with E-state index < -0.39 is 0 Å². The summed E-state index contributed by atoms with van der Waals surface area (Å²) in [7, 11) is 1.37. The van der Waals surface area contributed by atoms with Crippen LogP contribution in [0.1, 0.15) is 34.8 Å². The lowest BCUT2D eigenvalue weighted by atomic mass is 10.1. The van der Waals surface area contributed by atoms with Crippen molar-refractivity contribution in [3.05, 3.63) is 21.9 Å². The van der Waals surface area contributed by atoms with Gasteiger partial charge in [-0.2, -0.15) is 0 Å². The molecule has 2 rings (SSSR count). The first-order valence-electron chi connectivity index (χ1n) is 5.64. The summed E-state index contributed by atoms with van der Waals surface area (Å²) >= 11 is 1.40. The third-order valence-corrected chi connectivity index (χ3v) is 4.38. The maximum atomic E-state index is 12.1. The zero-order valence-corrected chi connectivity index (χ0v) is 11.1. The second kappa shape index (κ2) is 4.26. The van der Waals surface area contributed by atoms with E-state index in [0.717, 1.165) is 16.2 Å². The fourth-order valence-electron chi connectivity index (χ4n) is 1.91. The van der Waals surface area contributed by atoms with E-state index in [1.54, 1.807) is 0 Å². The third kappa shape index (κ3) is 2.57. The molecule has 3 nitrogen and oxygen atoms in total. The quantitative estimate of drug-likeness (QED) is 0.611. The number of carbonyl (C=O) groups excluding carboxylic acids is 2. The molecule has 1 saturated carbocycles. The Balaban J connectivity index is 2.04. The normalized spacial score (nSPS) is 21.0. The Morgan fingerprint density at radius 2 is 2.12 bits per heavy atom. The fraction of sp³-hybridized carbons (Fsp3) is 0.538. The Morgan fingerprint density at radius 1 is 1.47 bits per heavy atom. The predicted molar refractivity (Wildman–Crippen MR) is 66.3 cm³/mol. The van der Waals surface area contributed by atoms with Gasteiger partial charge in [0.05, 0.1) is 18.4 Å². The summed E-state index contributed by atoms with van der Waals surface area (Å²) in [4.78, 5) is 24.8. The van der Waals surface area contributed by atoms with Gasteiger partial charge in [-0.1, -0.05) is 13.8 Å². The van der Waals surface area contributed by atoms with E-state index in [1.807, 2.05) is 12.1 Å². The molecule has 1 aromatic heterocycles. The summed E-state index contributed by atoms with van der Waals surface area (Å²) in [5.41, 5.74) is 0.156. The van der Waals surface area contributed by atoms with Crippen LogP contribution in [0.3, 0.4) is 0 Å². The van der Waals surface area contributed by atoms with Crippen molar-refractivity contribution in [3.63, 3.8) is 0 Å². The second-order valence-electron chi connectivity index (χ2n) is 5.13. The highest BCUT2D eigenvalue weighted by Gasteiger charge is 2.50. The zero-order valence-electron chi connectivity index (χ0n) is 10.3. The van der Waals surface area contributed by atoms with Crippen LogP contribution in [-0.2, 0) is 16.0 Å². The number of Topliss-reactive ketones (excluding diaryl/α,β-unsaturated/α-hetero) is 1. The van der Waals surface area contributed by atoms with E-state index in [9.17, 15) is 9.59 Å². The summed E-state index contributed by atoms with van der Waals surface area (Å²) in [5.74, 6) is 0.112. The number of hydrogen-bond donors (Lipinski definition) is 0. The van der Waals surface area contributed by atoms with Gasteiger partial charge in [-0.15, -0.1) is 11.3 Å². The highest BCUT2D eigenvalue weighted by molar-refractivity contribution is 7.14. The van der Waals surface area contributed by atoms with Gasteiger partial charge in [0.2, 0.25) is 0 Å². The summed E-state index contributed by atoms with van der Waals surface area (Å²) < 4.78 is 4.60. The molecule has 1 aliphatic rings. The van der Waals surface area contributed by atoms with E-state index in [0.29, 0.717) is 0 Å². The van der Waals surface area contributed by atoms with Gasteiger partial charge in [0.15, 0.2) is 5.78 Å². The van der Waals surface area contributed by atoms with Crippen LogP contribution < -0.4 is 0 Å². The van der Waals surface area contributed by atoms with E-state index in [-0.39, 0.29) is 29.5 Å². The molecule has 92 valence electrons. The van der Waals surface area contributed by atoms with Gasteiger partial charge < -0.3 is 4.74 Å². The molecule has 4 heteroatoms. The SMILES string of the molecule is COC(=O)Cc1ccc(C(=O)C2CC2(C)C)s1. The van der Waals surface area contributed by atoms with Crippen LogP contribution in [-0.4, -0.2) is 18.9 Å². The Kier molecular flexibility index (Phi) is 3.08. The van der Waals surface area contributed by atoms with Gasteiger partial charge in [-0.25, -0.2) is 0 Å². The van der Waals surface area contributed by atoms with E-state index in [4.69, 9.17) is 0 Å². The lowest BCUT2D eigenvalue weighted by molar-refractivity contribution is -0.139. The van der Waals surface area contributed by atoms with Gasteiger partial charge in [0.1, 0.15) is 0 Å². The van der Waals surface area contributed by atoms with Gasteiger partial charge in [0.25, 0.3) is 0 Å². The molecule has 0 aliphatic heterocycles. The molecule has 17 heavy (non-hydrogen) atoms. The van der Waals surface area contributed by atoms with Crippen LogP contribution in [0.15, 0.2) is 12.1 Å². The molecular weight excluding hydrogens is 236 g/mol. The lowest BCUT2D eigenvalue weighted by Crippen LogP contribution is -2.04. The average Bonchev–Trinajstić information content (AvgIpc) is 2.72. The van der Waals surface area contributed by atoms with Crippen LogP contribution in [0.2, 0.25) is 0 Å². The number of ether oxygens (including phenoxy) is 1. The Labute approximate surface area is 105 Å². The van der Waals surface area contributed by atoms with Crippen LogP contribution in [0.4, 0.5) is 0 Å². The molecule has 0 amide bonds. The number of carbonyl (C=O) groups is 2. The summed E-state index contributed by atoms with van der Waals surface area (Å²) in [6, 6.07) is 3.66. The molecule has 0 bridgehead atoms. The number of hydrogen-bond acceptors (Lipinski definition) is 4. The first-order valence-corrected chi connectivity index (χ1v) is 6.45. The molecule has 0 spiro atoms. The minimum atomic E-state index is -0.266. The Morgan fingerprint density at radius 3 is 2.65 bits per heavy atom. The molecule has 0 N–H and O–H groups in total. The minimum Gasteiger partial charge on any atom is -0.469 e. The van der Waals surface area contributed by atoms with Crippen molar-refractivity contribution >= 4 is 23.1 Å². The van der Waals surface area contributed by atoms with Crippen molar-refractivity contribution < 1.29 is 14.3 Å². The molecule has 1 aromatic rings. The summed E-state index contributed by atoms with van der Waals surface area (Å²) in [6.07, 6.45) is 1.22. The van der Waals surface area contributed by atoms with Crippen molar-refractivity contribution in [2.45, 2.75) is 26.7 Å². The molecule has 0 saturated heterocycles. The standard InChI is InChI=1S/C13H16O3S/c1-13(2)7-9(13)12(15)10-5-4-8(17-10)6-11(14)16-3/h4-5,9H,6-7H2,1-3H3. The van der Waals surface area contributed by atoms with Crippen molar-refractivity contribution in [2.24, 2.45) is 11.3 Å². The number of methoxy groups -OCH3 is 1. The molecule has 0 aromatic carbocycles. The van der Waals surface area contributed by atoms with Crippen LogP contribution in [0.5, 0.6) is 0 Å². The second-order valence-corrected chi connectivity index (χ2v) is 6.30. The molecule has 0 radical (unpaired) electrons. The molecular formula is C13H16O3S. The molecule has 1 aliphatic carbocycles. The van der Waals surface area contributed by atoms with Crippen molar-refractivity contribution in [3.8, 4) is 0 Å². The maximum Gasteiger partial charge on any atom is 0.310 e. The summed E-state index contributed by atoms with van der Waals surface area (Å²) in [5, 5.41) is 0. The van der Waals surface area contributed by atoms with Gasteiger partial charge in [-0.05, 0) is 24.0 Å². The Bertz CT molecular complexity index is 459. The van der Waals surface area contributed by atoms with Gasteiger partial charge in [0, 0.05) is 10.8 Å². The molecule has 1 atom stereocenters. The van der Waals surface area contributed by atoms with E-state index >= 15 is 0 Å². The molecule has 1 heterocycles. The lowest BCUT2D eigenvalue weighted by Gasteiger charge is -2.00. The van der Waals surface area contributed by atoms with E-state index in [2.05, 4.69) is 18.6 Å². The first-order chi connectivity index (χ1) is 7.94. The zero-order chi connectivity index (χ0) is 12.6. The predicted octanol–water partition coefficient (Wildman–Crippen LogP) is 2.69. The topological polar surface area (TPSA) is 43.4 Å². The molecule has 1 fully saturated rings. The van der Waals surface area contributed by atoms with Crippen molar-refractivity contribution in [2.75, 3.05) is 7.11 Å². The third-order valence-electron chi connectivity index (χ3n) is 3.28. The van der Waals surface area contributed by atoms with Crippen molar-refractivity contribution in [1.82, 2.24) is 0 Å². The minimum absolute atomic E-state index is 0.156. The maximum absolute atomic E-state index is 12.1. The number of esters is 1. The monoisotopic (exact) mass is 252 g/mol. The number of ketones is 1. The van der Waals surface area contributed by atoms with Crippen molar-refractivity contribution in [1.29, 1.82) is 0 Å². The number of rotatable bonds is 4. The van der Waals surface area contributed by atoms with Crippen LogP contribution in [0, 0.1) is 11.3 Å².